The van der Waals surface area contributed by atoms with Crippen LogP contribution in [0.4, 0.5) is 5.69 Å². The Morgan fingerprint density at radius 2 is 1.75 bits per heavy atom. The highest BCUT2D eigenvalue weighted by atomic mass is 16.5. The average molecular weight is 607 g/mol. The number of aromatic hydroxyl groups is 1. The topological polar surface area (TPSA) is 186 Å². The molecule has 7 N–H and O–H groups in total. The number of phenols is 1. The number of nitrogens with two attached hydrogens (primary N) is 1. The van der Waals surface area contributed by atoms with Crippen molar-refractivity contribution in [2.45, 2.75) is 37.6 Å². The molecule has 0 aromatic heterocycles. The Labute approximate surface area is 255 Å². The number of hydrogen-bond donors (Lipinski definition) is 6. The van der Waals surface area contributed by atoms with E-state index in [4.69, 9.17) is 10.5 Å². The summed E-state index contributed by atoms with van der Waals surface area (Å²) in [6, 6.07) is 8.23. The van der Waals surface area contributed by atoms with Gasteiger partial charge in [0.25, 0.3) is 5.91 Å². The fourth-order valence-corrected chi connectivity index (χ4v) is 6.96. The van der Waals surface area contributed by atoms with Gasteiger partial charge in [-0.2, -0.15) is 0 Å². The van der Waals surface area contributed by atoms with Gasteiger partial charge in [-0.1, -0.05) is 12.1 Å². The molecular formula is C32H38N4O8. The SMILES string of the molecule is COc1ccc(CNCc2cc(N(C)C)c3c(c2O)C(O)=C2C(=O)[C@]4(O)C(O)=C(C(N)=O)C(=O)C(N(C)C)[C@@H]4C[C@@H]2C3)cc1. The number of Topliss-reactive ketones (excluding diaryl/α,β-unsaturated/α-hetero) is 2. The Kier molecular flexibility index (Phi) is 7.95. The van der Waals surface area contributed by atoms with Crippen molar-refractivity contribution < 1.29 is 39.5 Å². The number of amides is 1. The van der Waals surface area contributed by atoms with Gasteiger partial charge in [-0.15, -0.1) is 0 Å². The monoisotopic (exact) mass is 606 g/mol. The zero-order valence-corrected chi connectivity index (χ0v) is 25.3. The number of rotatable bonds is 8. The van der Waals surface area contributed by atoms with E-state index in [2.05, 4.69) is 5.32 Å². The first-order valence-electron chi connectivity index (χ1n) is 14.3. The van der Waals surface area contributed by atoms with Gasteiger partial charge in [-0.05, 0) is 62.2 Å². The first-order chi connectivity index (χ1) is 20.7. The zero-order valence-electron chi connectivity index (χ0n) is 25.3. The van der Waals surface area contributed by atoms with E-state index in [-0.39, 0.29) is 36.3 Å². The number of fused-ring (bicyclic) bond motifs is 3. The van der Waals surface area contributed by atoms with Crippen LogP contribution in [0.5, 0.6) is 11.5 Å². The van der Waals surface area contributed by atoms with Crippen LogP contribution in [0.3, 0.4) is 0 Å². The molecule has 234 valence electrons. The van der Waals surface area contributed by atoms with Crippen molar-refractivity contribution in [3.63, 3.8) is 0 Å². The van der Waals surface area contributed by atoms with E-state index in [9.17, 15) is 34.8 Å². The molecule has 0 aliphatic heterocycles. The number of carbonyl (C=O) groups is 3. The summed E-state index contributed by atoms with van der Waals surface area (Å²) in [4.78, 5) is 42.9. The van der Waals surface area contributed by atoms with E-state index in [1.54, 1.807) is 21.2 Å². The third-order valence-corrected chi connectivity index (χ3v) is 9.06. The van der Waals surface area contributed by atoms with Crippen LogP contribution in [-0.4, -0.2) is 89.7 Å². The molecule has 0 radical (unpaired) electrons. The quantitative estimate of drug-likeness (QED) is 0.238. The number of hydrogen-bond acceptors (Lipinski definition) is 11. The van der Waals surface area contributed by atoms with Gasteiger partial charge in [0.2, 0.25) is 5.78 Å². The second-order valence-corrected chi connectivity index (χ2v) is 12.1. The normalized spacial score (nSPS) is 24.7. The van der Waals surface area contributed by atoms with Crippen LogP contribution >= 0.6 is 0 Å². The molecule has 1 unspecified atom stereocenters. The molecule has 0 heterocycles. The highest BCUT2D eigenvalue weighted by Crippen LogP contribution is 2.54. The fraction of sp³-hybridized carbons (Fsp3) is 0.406. The Morgan fingerprint density at radius 3 is 2.32 bits per heavy atom. The lowest BCUT2D eigenvalue weighted by molar-refractivity contribution is -0.153. The fourth-order valence-electron chi connectivity index (χ4n) is 6.96. The van der Waals surface area contributed by atoms with Crippen LogP contribution in [0.15, 0.2) is 47.2 Å². The van der Waals surface area contributed by atoms with Crippen LogP contribution in [0.2, 0.25) is 0 Å². The minimum absolute atomic E-state index is 0.0323. The Bertz CT molecular complexity index is 1610. The molecule has 1 amide bonds. The second kappa shape index (κ2) is 11.3. The molecule has 0 bridgehead atoms. The van der Waals surface area contributed by atoms with Crippen molar-refractivity contribution in [2.75, 3.05) is 40.2 Å². The van der Waals surface area contributed by atoms with Crippen molar-refractivity contribution in [1.82, 2.24) is 10.2 Å². The number of likely N-dealkylation sites (N-methyl/N-ethyl adjacent to an activating group) is 1. The number of aliphatic hydroxyl groups excluding tert-OH is 2. The van der Waals surface area contributed by atoms with Gasteiger partial charge in [0.1, 0.15) is 28.6 Å². The molecular weight excluding hydrogens is 568 g/mol. The van der Waals surface area contributed by atoms with Gasteiger partial charge in [-0.25, -0.2) is 0 Å². The molecule has 4 atom stereocenters. The number of ether oxygens (including phenoxy) is 1. The largest absolute Gasteiger partial charge is 0.508 e. The molecule has 12 heteroatoms. The number of benzene rings is 2. The smallest absolute Gasteiger partial charge is 0.255 e. The molecule has 3 aliphatic rings. The number of anilines is 1. The van der Waals surface area contributed by atoms with E-state index in [1.807, 2.05) is 49.3 Å². The number of methoxy groups -OCH3 is 1. The van der Waals surface area contributed by atoms with Crippen LogP contribution in [0.25, 0.3) is 5.76 Å². The molecule has 1 fully saturated rings. The minimum Gasteiger partial charge on any atom is -0.508 e. The van der Waals surface area contributed by atoms with E-state index < -0.39 is 58.0 Å². The number of phenolic OH excluding ortho intramolecular Hbond substituents is 1. The van der Waals surface area contributed by atoms with Crippen LogP contribution in [0, 0.1) is 11.8 Å². The maximum Gasteiger partial charge on any atom is 0.255 e. The van der Waals surface area contributed by atoms with E-state index >= 15 is 0 Å². The highest BCUT2D eigenvalue weighted by Gasteiger charge is 2.64. The summed E-state index contributed by atoms with van der Waals surface area (Å²) in [7, 11) is 8.39. The highest BCUT2D eigenvalue weighted by molar-refractivity contribution is 6.24. The summed E-state index contributed by atoms with van der Waals surface area (Å²) in [6.07, 6.45) is 0.250. The standard InChI is InChI=1S/C32H38N4O8/c1-35(2)21-12-17(14-34-13-15-6-8-18(44-5)9-7-15)26(37)23-19(21)10-16-11-20-25(36(3)4)28(39)24(31(33)42)30(41)32(20,43)29(40)22(16)27(23)38/h6-9,12,16,20,25,34,37-38,41,43H,10-11,13-14H2,1-5H3,(H2,33,42)/t16-,20-,25?,32-/m0/s1. The minimum atomic E-state index is -2.68. The maximum atomic E-state index is 14.1. The van der Waals surface area contributed by atoms with E-state index in [1.165, 1.54) is 4.90 Å². The van der Waals surface area contributed by atoms with Crippen molar-refractivity contribution in [2.24, 2.45) is 17.6 Å². The Balaban J connectivity index is 1.58. The molecule has 0 saturated heterocycles. The summed E-state index contributed by atoms with van der Waals surface area (Å²) in [5.41, 5.74) is 4.56. The van der Waals surface area contributed by atoms with Gasteiger partial charge in [0.05, 0.1) is 18.7 Å². The molecule has 2 aromatic carbocycles. The van der Waals surface area contributed by atoms with Crippen LogP contribution in [0.1, 0.15) is 28.7 Å². The van der Waals surface area contributed by atoms with Gasteiger partial charge in [0.15, 0.2) is 11.4 Å². The first kappa shape index (κ1) is 31.0. The van der Waals surface area contributed by atoms with Crippen molar-refractivity contribution in [3.8, 4) is 11.5 Å². The summed E-state index contributed by atoms with van der Waals surface area (Å²) in [5, 5.41) is 49.3. The molecule has 1 saturated carbocycles. The lowest BCUT2D eigenvalue weighted by Gasteiger charge is -2.50. The number of aliphatic hydroxyl groups is 3. The first-order valence-corrected chi connectivity index (χ1v) is 14.3. The number of primary amides is 1. The van der Waals surface area contributed by atoms with Crippen LogP contribution in [-0.2, 0) is 33.9 Å². The predicted molar refractivity (Wildman–Crippen MR) is 162 cm³/mol. The molecule has 5 rings (SSSR count). The number of ketones is 2. The maximum absolute atomic E-state index is 14.1. The number of nitrogens with zero attached hydrogens (tertiary/aromatic N) is 2. The van der Waals surface area contributed by atoms with Gasteiger partial charge in [0, 0.05) is 49.9 Å². The number of carbonyl (C=O) groups excluding carboxylic acids is 3. The molecule has 3 aliphatic carbocycles. The summed E-state index contributed by atoms with van der Waals surface area (Å²) in [6.45, 7) is 0.718. The zero-order chi connectivity index (χ0) is 32.2. The molecule has 2 aromatic rings. The summed E-state index contributed by atoms with van der Waals surface area (Å²) >= 11 is 0. The molecule has 12 nitrogen and oxygen atoms in total. The summed E-state index contributed by atoms with van der Waals surface area (Å²) < 4.78 is 5.20. The van der Waals surface area contributed by atoms with Crippen LogP contribution < -0.4 is 20.7 Å². The van der Waals surface area contributed by atoms with Crippen molar-refractivity contribution in [3.05, 3.63) is 69.5 Å². The third kappa shape index (κ3) is 4.70. The second-order valence-electron chi connectivity index (χ2n) is 12.1. The Hall–Kier alpha value is -4.39. The van der Waals surface area contributed by atoms with Gasteiger partial charge in [-0.3, -0.25) is 19.3 Å². The predicted octanol–water partition coefficient (Wildman–Crippen LogP) is 1.33. The summed E-state index contributed by atoms with van der Waals surface area (Å²) in [5.74, 6) is -5.97. The molecule has 44 heavy (non-hydrogen) atoms. The van der Waals surface area contributed by atoms with Gasteiger partial charge < -0.3 is 41.1 Å². The third-order valence-electron chi connectivity index (χ3n) is 9.06. The average Bonchev–Trinajstić information content (AvgIpc) is 2.96. The van der Waals surface area contributed by atoms with Crippen molar-refractivity contribution >= 4 is 28.9 Å². The number of nitrogens with one attached hydrogen (secondary N) is 1. The lowest BCUT2D eigenvalue weighted by Crippen LogP contribution is -2.65. The Morgan fingerprint density at radius 1 is 1.09 bits per heavy atom. The molecule has 0 spiro atoms. The van der Waals surface area contributed by atoms with E-state index in [0.717, 1.165) is 17.0 Å². The van der Waals surface area contributed by atoms with E-state index in [0.29, 0.717) is 17.7 Å². The lowest BCUT2D eigenvalue weighted by atomic mass is 9.57. The van der Waals surface area contributed by atoms with Gasteiger partial charge >= 0.3 is 0 Å². The van der Waals surface area contributed by atoms with Crippen molar-refractivity contribution in [1.29, 1.82) is 0 Å².